The molecular formula is C10H29NO2Si3. The molecule has 0 fully saturated rings. The van der Waals surface area contributed by atoms with Crippen LogP contribution in [0.15, 0.2) is 0 Å². The molecule has 1 N–H and O–H groups in total. The second-order valence-electron chi connectivity index (χ2n) is 6.53. The first-order valence-electron chi connectivity index (χ1n) is 6.01. The summed E-state index contributed by atoms with van der Waals surface area (Å²) in [5.41, 5.74) is 0. The van der Waals surface area contributed by atoms with Crippen molar-refractivity contribution < 1.29 is 8.23 Å². The molecule has 0 atom stereocenters. The normalized spacial score (nSPS) is 14.6. The van der Waals surface area contributed by atoms with Gasteiger partial charge in [0.05, 0.1) is 0 Å². The first kappa shape index (κ1) is 16.5. The molecule has 0 bridgehead atoms. The van der Waals surface area contributed by atoms with Crippen molar-refractivity contribution in [1.29, 1.82) is 0 Å². The minimum Gasteiger partial charge on any atom is -0.437 e. The Morgan fingerprint density at radius 2 is 1.25 bits per heavy atom. The minimum absolute atomic E-state index is 0.471. The van der Waals surface area contributed by atoms with E-state index in [0.717, 1.165) is 0 Å². The van der Waals surface area contributed by atoms with E-state index in [9.17, 15) is 0 Å². The van der Waals surface area contributed by atoms with E-state index in [1.807, 2.05) is 0 Å². The van der Waals surface area contributed by atoms with Gasteiger partial charge in [0.1, 0.15) is 0 Å². The monoisotopic (exact) mass is 279 g/mol. The number of rotatable bonds is 6. The van der Waals surface area contributed by atoms with Crippen molar-refractivity contribution in [2.45, 2.75) is 65.7 Å². The third-order valence-corrected chi connectivity index (χ3v) is 11.4. The maximum atomic E-state index is 6.29. The highest BCUT2D eigenvalue weighted by Gasteiger charge is 2.38. The molecule has 0 spiro atoms. The molecule has 3 nitrogen and oxygen atoms in total. The van der Waals surface area contributed by atoms with Gasteiger partial charge in [-0.3, -0.25) is 0 Å². The molecular weight excluding hydrogens is 250 g/mol. The third kappa shape index (κ3) is 8.66. The van der Waals surface area contributed by atoms with E-state index in [1.54, 1.807) is 0 Å². The molecule has 0 heterocycles. The van der Waals surface area contributed by atoms with Crippen molar-refractivity contribution in [1.82, 2.24) is 4.98 Å². The fourth-order valence-corrected chi connectivity index (χ4v) is 15.1. The number of hydrogen-bond donors (Lipinski definition) is 1. The maximum Gasteiger partial charge on any atom is 0.312 e. The predicted molar refractivity (Wildman–Crippen MR) is 78.8 cm³/mol. The summed E-state index contributed by atoms with van der Waals surface area (Å²) in [5, 5.41) is 0. The maximum absolute atomic E-state index is 6.29. The van der Waals surface area contributed by atoms with Crippen LogP contribution in [-0.2, 0) is 8.23 Å². The molecule has 98 valence electrons. The highest BCUT2D eigenvalue weighted by molar-refractivity contribution is 6.86. The zero-order valence-corrected chi connectivity index (χ0v) is 15.4. The van der Waals surface area contributed by atoms with Crippen LogP contribution in [0.1, 0.15) is 13.8 Å². The molecule has 0 aromatic rings. The van der Waals surface area contributed by atoms with E-state index in [1.165, 1.54) is 0 Å². The molecule has 0 aromatic heterocycles. The Balaban J connectivity index is 4.45. The molecule has 0 aromatic carbocycles. The topological polar surface area (TPSA) is 30.5 Å². The standard InChI is InChI=1S/C10H29NO2Si3/c1-10(2)11-15(6,7)13-16(8,9)12-14(3,4)5/h10-11H,1-9H3. The summed E-state index contributed by atoms with van der Waals surface area (Å²) in [5.74, 6) is 0. The van der Waals surface area contributed by atoms with Crippen molar-refractivity contribution >= 4 is 25.4 Å². The highest BCUT2D eigenvalue weighted by Crippen LogP contribution is 2.19. The van der Waals surface area contributed by atoms with E-state index in [-0.39, 0.29) is 0 Å². The molecule has 0 rings (SSSR count). The Kier molecular flexibility index (Phi) is 5.63. The average molecular weight is 280 g/mol. The van der Waals surface area contributed by atoms with Gasteiger partial charge in [-0.05, 0) is 51.9 Å². The largest absolute Gasteiger partial charge is 0.437 e. The Morgan fingerprint density at radius 3 is 1.56 bits per heavy atom. The molecule has 0 unspecified atom stereocenters. The highest BCUT2D eigenvalue weighted by atomic mass is 28.5. The molecule has 0 saturated heterocycles. The van der Waals surface area contributed by atoms with Gasteiger partial charge in [-0.25, -0.2) is 0 Å². The van der Waals surface area contributed by atoms with Crippen LogP contribution in [0.5, 0.6) is 0 Å². The second kappa shape index (κ2) is 5.45. The Morgan fingerprint density at radius 1 is 0.812 bits per heavy atom. The molecule has 6 heteroatoms. The summed E-state index contributed by atoms with van der Waals surface area (Å²) in [6.07, 6.45) is 0. The molecule has 0 amide bonds. The molecule has 0 radical (unpaired) electrons. The zero-order chi connectivity index (χ0) is 13.2. The van der Waals surface area contributed by atoms with Crippen LogP contribution in [0, 0.1) is 0 Å². The number of hydrogen-bond acceptors (Lipinski definition) is 3. The van der Waals surface area contributed by atoms with Crippen LogP contribution in [0.3, 0.4) is 0 Å². The first-order valence-corrected chi connectivity index (χ1v) is 15.1. The third-order valence-electron chi connectivity index (χ3n) is 1.69. The van der Waals surface area contributed by atoms with Gasteiger partial charge in [-0.15, -0.1) is 0 Å². The second-order valence-corrected chi connectivity index (χ2v) is 18.5. The van der Waals surface area contributed by atoms with Crippen LogP contribution in [0.25, 0.3) is 0 Å². The summed E-state index contributed by atoms with van der Waals surface area (Å²) in [7, 11) is -5.27. The molecule has 0 aliphatic rings. The zero-order valence-electron chi connectivity index (χ0n) is 12.4. The van der Waals surface area contributed by atoms with E-state index in [2.05, 4.69) is 64.7 Å². The van der Waals surface area contributed by atoms with E-state index in [0.29, 0.717) is 6.04 Å². The van der Waals surface area contributed by atoms with Crippen molar-refractivity contribution in [3.63, 3.8) is 0 Å². The summed E-state index contributed by atoms with van der Waals surface area (Å²) in [6, 6.07) is 0.471. The molecule has 0 saturated carbocycles. The fourth-order valence-electron chi connectivity index (χ4n) is 2.10. The van der Waals surface area contributed by atoms with E-state index >= 15 is 0 Å². The van der Waals surface area contributed by atoms with Gasteiger partial charge in [-0.2, -0.15) is 0 Å². The van der Waals surface area contributed by atoms with Crippen molar-refractivity contribution in [3.8, 4) is 0 Å². The van der Waals surface area contributed by atoms with Gasteiger partial charge in [0.2, 0.25) is 0 Å². The summed E-state index contributed by atoms with van der Waals surface area (Å²) < 4.78 is 12.5. The average Bonchev–Trinajstić information content (AvgIpc) is 1.69. The van der Waals surface area contributed by atoms with Gasteiger partial charge in [0.25, 0.3) is 8.48 Å². The van der Waals surface area contributed by atoms with Crippen molar-refractivity contribution in [3.05, 3.63) is 0 Å². The van der Waals surface area contributed by atoms with Gasteiger partial charge in [0, 0.05) is 0 Å². The Bertz CT molecular complexity index is 225. The van der Waals surface area contributed by atoms with Crippen LogP contribution in [-0.4, -0.2) is 31.4 Å². The van der Waals surface area contributed by atoms with Crippen LogP contribution in [0.2, 0.25) is 45.8 Å². The van der Waals surface area contributed by atoms with Gasteiger partial charge < -0.3 is 13.2 Å². The lowest BCUT2D eigenvalue weighted by Crippen LogP contribution is -2.59. The van der Waals surface area contributed by atoms with Crippen LogP contribution in [0.4, 0.5) is 0 Å². The lowest BCUT2D eigenvalue weighted by atomic mass is 10.4. The van der Waals surface area contributed by atoms with Crippen molar-refractivity contribution in [2.75, 3.05) is 0 Å². The summed E-state index contributed by atoms with van der Waals surface area (Å²) in [4.78, 5) is 3.55. The molecule has 0 aliphatic carbocycles. The predicted octanol–water partition coefficient (Wildman–Crippen LogP) is 3.26. The van der Waals surface area contributed by atoms with Crippen LogP contribution < -0.4 is 4.98 Å². The molecule has 0 aliphatic heterocycles. The number of nitrogens with one attached hydrogen (secondary N) is 1. The molecule has 16 heavy (non-hydrogen) atoms. The smallest absolute Gasteiger partial charge is 0.312 e. The lowest BCUT2D eigenvalue weighted by molar-refractivity contribution is 0.381. The van der Waals surface area contributed by atoms with Crippen LogP contribution >= 0.6 is 0 Å². The van der Waals surface area contributed by atoms with Crippen molar-refractivity contribution in [2.24, 2.45) is 0 Å². The quantitative estimate of drug-likeness (QED) is 0.757. The van der Waals surface area contributed by atoms with Gasteiger partial charge in [-0.1, -0.05) is 13.8 Å². The van der Waals surface area contributed by atoms with E-state index in [4.69, 9.17) is 8.23 Å². The van der Waals surface area contributed by atoms with E-state index < -0.39 is 25.4 Å². The lowest BCUT2D eigenvalue weighted by Gasteiger charge is -2.38. The Hall–Kier alpha value is 0.531. The summed E-state index contributed by atoms with van der Waals surface area (Å²) in [6.45, 7) is 19.7. The Labute approximate surface area is 105 Å². The van der Waals surface area contributed by atoms with Gasteiger partial charge >= 0.3 is 8.56 Å². The minimum atomic E-state index is -1.98. The van der Waals surface area contributed by atoms with Gasteiger partial charge in [0.15, 0.2) is 8.32 Å². The summed E-state index contributed by atoms with van der Waals surface area (Å²) >= 11 is 0. The fraction of sp³-hybridized carbons (Fsp3) is 1.00. The first-order chi connectivity index (χ1) is 6.83. The SMILES string of the molecule is CC(C)N[Si](C)(C)O[Si](C)(C)O[Si](C)(C)C.